The zero-order chi connectivity index (χ0) is 12.8. The molecule has 0 heterocycles. The molecule has 0 radical (unpaired) electrons. The second kappa shape index (κ2) is 6.28. The zero-order valence-corrected chi connectivity index (χ0v) is 11.2. The predicted molar refractivity (Wildman–Crippen MR) is 72.5 cm³/mol. The highest BCUT2D eigenvalue weighted by Crippen LogP contribution is 2.23. The number of para-hydroxylation sites is 1. The summed E-state index contributed by atoms with van der Waals surface area (Å²) in [6.07, 6.45) is 0. The fraction of sp³-hybridized carbons (Fsp3) is 0.500. The summed E-state index contributed by atoms with van der Waals surface area (Å²) in [4.78, 5) is 13.7. The Hall–Kier alpha value is -1.51. The van der Waals surface area contributed by atoms with Gasteiger partial charge in [-0.25, -0.2) is 4.79 Å². The highest BCUT2D eigenvalue weighted by atomic mass is 16.2. The molecule has 0 fully saturated rings. The minimum absolute atomic E-state index is 0.0249. The van der Waals surface area contributed by atoms with Crippen LogP contribution in [0.1, 0.15) is 39.2 Å². The van der Waals surface area contributed by atoms with Crippen molar-refractivity contribution < 1.29 is 4.79 Å². The largest absolute Gasteiger partial charge is 0.325 e. The Balaban J connectivity index is 2.84. The lowest BCUT2D eigenvalue weighted by molar-refractivity contribution is 0.217. The maximum atomic E-state index is 12.0. The summed E-state index contributed by atoms with van der Waals surface area (Å²) in [6, 6.07) is 7.94. The molecule has 0 atom stereocenters. The fourth-order valence-corrected chi connectivity index (χ4v) is 1.82. The summed E-state index contributed by atoms with van der Waals surface area (Å²) in [6.45, 7) is 9.68. The molecule has 0 aromatic heterocycles. The molecule has 0 spiro atoms. The van der Waals surface area contributed by atoms with E-state index in [1.54, 1.807) is 4.90 Å². The van der Waals surface area contributed by atoms with E-state index in [1.165, 1.54) is 5.56 Å². The molecule has 1 N–H and O–H groups in total. The van der Waals surface area contributed by atoms with E-state index in [9.17, 15) is 4.79 Å². The molecule has 2 amide bonds. The van der Waals surface area contributed by atoms with E-state index < -0.39 is 0 Å². The van der Waals surface area contributed by atoms with E-state index in [0.29, 0.717) is 5.92 Å². The lowest BCUT2D eigenvalue weighted by Crippen LogP contribution is -2.34. The van der Waals surface area contributed by atoms with Crippen LogP contribution in [0.2, 0.25) is 0 Å². The van der Waals surface area contributed by atoms with Crippen molar-refractivity contribution in [2.75, 3.05) is 18.4 Å². The smallest absolute Gasteiger partial charge is 0.321 e. The van der Waals surface area contributed by atoms with Crippen LogP contribution in [-0.2, 0) is 0 Å². The van der Waals surface area contributed by atoms with Gasteiger partial charge in [-0.2, -0.15) is 0 Å². The average Bonchev–Trinajstić information content (AvgIpc) is 2.31. The first kappa shape index (κ1) is 13.6. The first-order valence-corrected chi connectivity index (χ1v) is 6.25. The molecule has 1 rings (SSSR count). The van der Waals surface area contributed by atoms with Crippen molar-refractivity contribution in [3.63, 3.8) is 0 Å². The second-order valence-electron chi connectivity index (χ2n) is 4.34. The highest BCUT2D eigenvalue weighted by Gasteiger charge is 2.12. The molecule has 17 heavy (non-hydrogen) atoms. The van der Waals surface area contributed by atoms with Gasteiger partial charge in [0.25, 0.3) is 0 Å². The van der Waals surface area contributed by atoms with Crippen LogP contribution in [0.4, 0.5) is 10.5 Å². The van der Waals surface area contributed by atoms with Gasteiger partial charge >= 0.3 is 6.03 Å². The number of benzene rings is 1. The standard InChI is InChI=1S/C14H22N2O/c1-5-16(6-2)14(17)15-13-10-8-7-9-12(13)11(3)4/h7-11H,5-6H2,1-4H3,(H,15,17). The molecular formula is C14H22N2O. The van der Waals surface area contributed by atoms with Crippen molar-refractivity contribution in [2.24, 2.45) is 0 Å². The third kappa shape index (κ3) is 3.48. The Bertz CT molecular complexity index is 370. The van der Waals surface area contributed by atoms with Crippen LogP contribution < -0.4 is 5.32 Å². The number of carbonyl (C=O) groups is 1. The minimum Gasteiger partial charge on any atom is -0.325 e. The number of hydrogen-bond acceptors (Lipinski definition) is 1. The second-order valence-corrected chi connectivity index (χ2v) is 4.34. The summed E-state index contributed by atoms with van der Waals surface area (Å²) in [5, 5.41) is 2.98. The van der Waals surface area contributed by atoms with E-state index in [1.807, 2.05) is 32.0 Å². The fourth-order valence-electron chi connectivity index (χ4n) is 1.82. The molecule has 0 aliphatic carbocycles. The van der Waals surface area contributed by atoms with Gasteiger partial charge in [-0.05, 0) is 31.4 Å². The molecule has 0 aliphatic heterocycles. The van der Waals surface area contributed by atoms with Gasteiger partial charge in [0.1, 0.15) is 0 Å². The van der Waals surface area contributed by atoms with Crippen molar-refractivity contribution in [1.29, 1.82) is 0 Å². The SMILES string of the molecule is CCN(CC)C(=O)Nc1ccccc1C(C)C. The number of nitrogens with one attached hydrogen (secondary N) is 1. The van der Waals surface area contributed by atoms with Crippen molar-refractivity contribution >= 4 is 11.7 Å². The summed E-state index contributed by atoms with van der Waals surface area (Å²) in [5.74, 6) is 0.406. The van der Waals surface area contributed by atoms with Crippen molar-refractivity contribution in [3.05, 3.63) is 29.8 Å². The number of carbonyl (C=O) groups excluding carboxylic acids is 1. The molecule has 3 nitrogen and oxygen atoms in total. The van der Waals surface area contributed by atoms with Gasteiger partial charge < -0.3 is 10.2 Å². The van der Waals surface area contributed by atoms with Crippen molar-refractivity contribution in [1.82, 2.24) is 4.90 Å². The van der Waals surface area contributed by atoms with E-state index in [2.05, 4.69) is 25.2 Å². The maximum absolute atomic E-state index is 12.0. The predicted octanol–water partition coefficient (Wildman–Crippen LogP) is 3.68. The van der Waals surface area contributed by atoms with Crippen LogP contribution in [0.15, 0.2) is 24.3 Å². The zero-order valence-electron chi connectivity index (χ0n) is 11.2. The molecule has 0 bridgehead atoms. The van der Waals surface area contributed by atoms with Crippen LogP contribution in [0.5, 0.6) is 0 Å². The van der Waals surface area contributed by atoms with Crippen molar-refractivity contribution in [3.8, 4) is 0 Å². The number of rotatable bonds is 4. The van der Waals surface area contributed by atoms with Gasteiger partial charge in [0, 0.05) is 18.8 Å². The van der Waals surface area contributed by atoms with Crippen LogP contribution in [0, 0.1) is 0 Å². The van der Waals surface area contributed by atoms with Crippen LogP contribution in [0.25, 0.3) is 0 Å². The number of nitrogens with zero attached hydrogens (tertiary/aromatic N) is 1. The van der Waals surface area contributed by atoms with Crippen LogP contribution >= 0.6 is 0 Å². The average molecular weight is 234 g/mol. The van der Waals surface area contributed by atoms with E-state index in [-0.39, 0.29) is 6.03 Å². The number of anilines is 1. The Morgan fingerprint density at radius 1 is 1.24 bits per heavy atom. The Labute approximate surface area is 104 Å². The van der Waals surface area contributed by atoms with E-state index in [0.717, 1.165) is 18.8 Å². The van der Waals surface area contributed by atoms with Gasteiger partial charge in [-0.1, -0.05) is 32.0 Å². The molecule has 1 aromatic rings. The Morgan fingerprint density at radius 2 is 1.82 bits per heavy atom. The van der Waals surface area contributed by atoms with Gasteiger partial charge in [-0.3, -0.25) is 0 Å². The lowest BCUT2D eigenvalue weighted by atomic mass is 10.0. The quantitative estimate of drug-likeness (QED) is 0.846. The number of amides is 2. The van der Waals surface area contributed by atoms with Gasteiger partial charge in [0.2, 0.25) is 0 Å². The lowest BCUT2D eigenvalue weighted by Gasteiger charge is -2.21. The van der Waals surface area contributed by atoms with Crippen LogP contribution in [0.3, 0.4) is 0 Å². The Morgan fingerprint density at radius 3 is 2.35 bits per heavy atom. The summed E-state index contributed by atoms with van der Waals surface area (Å²) in [7, 11) is 0. The molecular weight excluding hydrogens is 212 g/mol. The summed E-state index contributed by atoms with van der Waals surface area (Å²) < 4.78 is 0. The number of urea groups is 1. The number of hydrogen-bond donors (Lipinski definition) is 1. The van der Waals surface area contributed by atoms with Crippen molar-refractivity contribution in [2.45, 2.75) is 33.6 Å². The normalized spacial score (nSPS) is 10.4. The monoisotopic (exact) mass is 234 g/mol. The van der Waals surface area contributed by atoms with Gasteiger partial charge in [0.15, 0.2) is 0 Å². The third-order valence-electron chi connectivity index (χ3n) is 2.88. The first-order chi connectivity index (χ1) is 8.10. The maximum Gasteiger partial charge on any atom is 0.321 e. The molecule has 3 heteroatoms. The van der Waals surface area contributed by atoms with E-state index >= 15 is 0 Å². The van der Waals surface area contributed by atoms with Gasteiger partial charge in [0.05, 0.1) is 0 Å². The molecule has 94 valence electrons. The summed E-state index contributed by atoms with van der Waals surface area (Å²) >= 11 is 0. The van der Waals surface area contributed by atoms with E-state index in [4.69, 9.17) is 0 Å². The molecule has 1 aromatic carbocycles. The topological polar surface area (TPSA) is 32.3 Å². The highest BCUT2D eigenvalue weighted by molar-refractivity contribution is 5.90. The van der Waals surface area contributed by atoms with Crippen LogP contribution in [-0.4, -0.2) is 24.0 Å². The molecule has 0 saturated heterocycles. The van der Waals surface area contributed by atoms with Gasteiger partial charge in [-0.15, -0.1) is 0 Å². The molecule has 0 aliphatic rings. The summed E-state index contributed by atoms with van der Waals surface area (Å²) in [5.41, 5.74) is 2.09. The Kier molecular flexibility index (Phi) is 5.01. The molecule has 0 saturated carbocycles. The minimum atomic E-state index is -0.0249. The molecule has 0 unspecified atom stereocenters. The third-order valence-corrected chi connectivity index (χ3v) is 2.88. The first-order valence-electron chi connectivity index (χ1n) is 6.25.